The number of amidine groups is 1. The molecule has 5 rings (SSSR count). The van der Waals surface area contributed by atoms with Crippen LogP contribution in [-0.4, -0.2) is 34.4 Å². The highest BCUT2D eigenvalue weighted by Gasteiger charge is 2.42. The van der Waals surface area contributed by atoms with E-state index in [1.165, 1.54) is 30.3 Å². The third-order valence-electron chi connectivity index (χ3n) is 6.04. The van der Waals surface area contributed by atoms with E-state index < -0.39 is 29.4 Å². The Kier molecular flexibility index (Phi) is 7.37. The van der Waals surface area contributed by atoms with Gasteiger partial charge in [0, 0.05) is 5.69 Å². The zero-order valence-electron chi connectivity index (χ0n) is 20.5. The van der Waals surface area contributed by atoms with E-state index in [0.29, 0.717) is 11.1 Å². The van der Waals surface area contributed by atoms with Gasteiger partial charge >= 0.3 is 0 Å². The summed E-state index contributed by atoms with van der Waals surface area (Å²) in [5.41, 5.74) is 8.53. The molecule has 1 unspecified atom stereocenters. The third-order valence-corrected chi connectivity index (χ3v) is 6.78. The fourth-order valence-electron chi connectivity index (χ4n) is 4.08. The molecule has 1 aliphatic heterocycles. The molecule has 1 aliphatic rings. The van der Waals surface area contributed by atoms with Crippen LogP contribution in [0.1, 0.15) is 10.4 Å². The highest BCUT2D eigenvalue weighted by atomic mass is 35.5. The van der Waals surface area contributed by atoms with Gasteiger partial charge in [-0.1, -0.05) is 65.7 Å². The number of phenols is 1. The van der Waals surface area contributed by atoms with Crippen molar-refractivity contribution in [1.29, 1.82) is 0 Å². The topological polar surface area (TPSA) is 149 Å². The second-order valence-electron chi connectivity index (χ2n) is 8.68. The van der Waals surface area contributed by atoms with E-state index >= 15 is 0 Å². The molecule has 3 amide bonds. The molecule has 1 atom stereocenters. The van der Waals surface area contributed by atoms with Gasteiger partial charge in [-0.05, 0) is 53.2 Å². The highest BCUT2D eigenvalue weighted by Crippen LogP contribution is 2.27. The predicted octanol–water partition coefficient (Wildman–Crippen LogP) is 4.51. The molecule has 5 N–H and O–H groups in total. The van der Waals surface area contributed by atoms with Crippen molar-refractivity contribution in [1.82, 2.24) is 5.43 Å². The van der Waals surface area contributed by atoms with Crippen LogP contribution in [0.4, 0.5) is 11.4 Å². The van der Waals surface area contributed by atoms with Crippen LogP contribution in [0.5, 0.6) is 5.75 Å². The van der Waals surface area contributed by atoms with E-state index in [0.717, 1.165) is 10.4 Å². The number of benzene rings is 4. The van der Waals surface area contributed by atoms with Crippen LogP contribution in [0.3, 0.4) is 0 Å². The minimum atomic E-state index is -1.42. The van der Waals surface area contributed by atoms with Gasteiger partial charge in [0.2, 0.25) is 0 Å². The lowest BCUT2D eigenvalue weighted by Crippen LogP contribution is -2.43. The zero-order chi connectivity index (χ0) is 28.4. The molecule has 0 aliphatic carbocycles. The first-order valence-corrected chi connectivity index (χ1v) is 12.6. The van der Waals surface area contributed by atoms with E-state index in [1.807, 2.05) is 0 Å². The van der Waals surface area contributed by atoms with Crippen LogP contribution in [0, 0.1) is 5.92 Å². The number of para-hydroxylation sites is 1. The van der Waals surface area contributed by atoms with Crippen molar-refractivity contribution in [2.24, 2.45) is 21.9 Å². The first-order chi connectivity index (χ1) is 19.2. The Labute approximate surface area is 237 Å². The number of nitrogens with two attached hydrogens (primary N) is 1. The first-order valence-electron chi connectivity index (χ1n) is 11.8. The number of phenolic OH excluding ortho intramolecular Hbond substituents is 1. The molecule has 0 saturated heterocycles. The summed E-state index contributed by atoms with van der Waals surface area (Å²) in [6.45, 7) is 0. The molecule has 0 fully saturated rings. The van der Waals surface area contributed by atoms with Crippen molar-refractivity contribution in [2.45, 2.75) is 0 Å². The molecule has 0 spiro atoms. The number of nitrogens with zero attached hydrogens (tertiary/aromatic N) is 3. The van der Waals surface area contributed by atoms with Crippen LogP contribution in [0.2, 0.25) is 10.0 Å². The number of hydrogen-bond acceptors (Lipinski definition) is 7. The van der Waals surface area contributed by atoms with E-state index in [4.69, 9.17) is 28.9 Å². The average molecular weight is 575 g/mol. The molecular weight excluding hydrogens is 555 g/mol. The predicted molar refractivity (Wildman–Crippen MR) is 155 cm³/mol. The summed E-state index contributed by atoms with van der Waals surface area (Å²) in [6, 6.07) is 22.9. The second-order valence-corrected chi connectivity index (χ2v) is 9.50. The number of amides is 3. The lowest BCUT2D eigenvalue weighted by atomic mass is 10.0. The Bertz CT molecular complexity index is 1720. The molecule has 200 valence electrons. The number of rotatable bonds is 6. The normalized spacial score (nSPS) is 15.2. The summed E-state index contributed by atoms with van der Waals surface area (Å²) >= 11 is 12.0. The van der Waals surface area contributed by atoms with Crippen molar-refractivity contribution in [2.75, 3.05) is 10.3 Å². The van der Waals surface area contributed by atoms with Crippen molar-refractivity contribution in [3.8, 4) is 5.75 Å². The van der Waals surface area contributed by atoms with Gasteiger partial charge in [0.15, 0.2) is 0 Å². The first kappa shape index (κ1) is 26.7. The number of fused-ring (bicyclic) bond motifs is 1. The number of hydrogen-bond donors (Lipinski definition) is 4. The Morgan fingerprint density at radius 2 is 1.60 bits per heavy atom. The van der Waals surface area contributed by atoms with Crippen molar-refractivity contribution in [3.05, 3.63) is 101 Å². The number of halogens is 2. The smallest absolute Gasteiger partial charge is 0.275 e. The largest absolute Gasteiger partial charge is 0.507 e. The van der Waals surface area contributed by atoms with E-state index in [-0.39, 0.29) is 32.9 Å². The second kappa shape index (κ2) is 11.0. The summed E-state index contributed by atoms with van der Waals surface area (Å²) in [5, 5.41) is 24.1. The van der Waals surface area contributed by atoms with Crippen molar-refractivity contribution >= 4 is 74.6 Å². The molecule has 0 bridgehead atoms. The van der Waals surface area contributed by atoms with E-state index in [2.05, 4.69) is 20.9 Å². The summed E-state index contributed by atoms with van der Waals surface area (Å²) in [5.74, 6) is -4.25. The summed E-state index contributed by atoms with van der Waals surface area (Å²) in [6.07, 6.45) is 0. The highest BCUT2D eigenvalue weighted by molar-refractivity contribution is 6.52. The fraction of sp³-hybridized carbons (Fsp3) is 0.0357. The molecule has 0 saturated carbocycles. The van der Waals surface area contributed by atoms with Crippen molar-refractivity contribution in [3.63, 3.8) is 0 Å². The number of hydrazone groups is 2. The Morgan fingerprint density at radius 3 is 2.30 bits per heavy atom. The number of carbonyl (C=O) groups is 3. The summed E-state index contributed by atoms with van der Waals surface area (Å²) < 4.78 is 0. The van der Waals surface area contributed by atoms with Gasteiger partial charge in [0.1, 0.15) is 23.2 Å². The van der Waals surface area contributed by atoms with Crippen LogP contribution in [0.25, 0.3) is 10.8 Å². The van der Waals surface area contributed by atoms with Gasteiger partial charge in [-0.2, -0.15) is 15.2 Å². The molecule has 0 radical (unpaired) electrons. The van der Waals surface area contributed by atoms with Crippen LogP contribution >= 0.6 is 23.2 Å². The Hall–Kier alpha value is -4.93. The minimum absolute atomic E-state index is 0.0861. The van der Waals surface area contributed by atoms with Gasteiger partial charge in [-0.25, -0.2) is 5.43 Å². The van der Waals surface area contributed by atoms with Gasteiger partial charge < -0.3 is 16.2 Å². The fourth-order valence-corrected chi connectivity index (χ4v) is 4.38. The van der Waals surface area contributed by atoms with E-state index in [1.54, 1.807) is 54.6 Å². The van der Waals surface area contributed by atoms with Gasteiger partial charge in [0.05, 0.1) is 21.3 Å². The molecule has 12 heteroatoms. The molecule has 4 aromatic carbocycles. The van der Waals surface area contributed by atoms with Gasteiger partial charge in [0.25, 0.3) is 17.7 Å². The lowest BCUT2D eigenvalue weighted by molar-refractivity contribution is -0.119. The van der Waals surface area contributed by atoms with Crippen LogP contribution < -0.4 is 21.5 Å². The summed E-state index contributed by atoms with van der Waals surface area (Å²) in [7, 11) is 0. The monoisotopic (exact) mass is 574 g/mol. The maximum Gasteiger partial charge on any atom is 0.275 e. The number of anilines is 2. The van der Waals surface area contributed by atoms with E-state index in [9.17, 15) is 19.5 Å². The van der Waals surface area contributed by atoms with Gasteiger partial charge in [-0.15, -0.1) is 0 Å². The quantitative estimate of drug-likeness (QED) is 0.197. The maximum absolute atomic E-state index is 13.4. The standard InChI is InChI=1S/C28H20Cl2N6O4/c29-20-11-10-17(14-21(20)30)32-27(39)24(23-25(31)35-36(28(23)40)18-8-2-1-3-9-18)33-34-26(38)19-12-15-6-4-5-7-16(15)13-22(19)37/h1-14,23,37H,(H2,31,35)(H,32,39)(H,34,38)/b33-24+. The van der Waals surface area contributed by atoms with Crippen molar-refractivity contribution < 1.29 is 19.5 Å². The van der Waals surface area contributed by atoms with Crippen LogP contribution in [0.15, 0.2) is 95.1 Å². The Balaban J connectivity index is 1.49. The molecule has 10 nitrogen and oxygen atoms in total. The lowest BCUT2D eigenvalue weighted by Gasteiger charge is -2.16. The summed E-state index contributed by atoms with van der Waals surface area (Å²) in [4.78, 5) is 39.9. The number of aromatic hydroxyl groups is 1. The zero-order valence-corrected chi connectivity index (χ0v) is 22.0. The molecular formula is C28H20Cl2N6O4. The average Bonchev–Trinajstić information content (AvgIpc) is 3.24. The number of nitrogens with one attached hydrogen (secondary N) is 2. The molecule has 0 aromatic heterocycles. The van der Waals surface area contributed by atoms with Crippen LogP contribution in [-0.2, 0) is 9.59 Å². The number of carbonyl (C=O) groups excluding carboxylic acids is 3. The third kappa shape index (κ3) is 5.31. The molecule has 40 heavy (non-hydrogen) atoms. The minimum Gasteiger partial charge on any atom is -0.507 e. The Morgan fingerprint density at radius 1 is 0.925 bits per heavy atom. The molecule has 4 aromatic rings. The molecule has 1 heterocycles. The maximum atomic E-state index is 13.4. The van der Waals surface area contributed by atoms with Gasteiger partial charge in [-0.3, -0.25) is 14.4 Å². The SMILES string of the molecule is NC1=NN(c2ccccc2)C(=O)C1/C(=N\NC(=O)c1cc2ccccc2cc1O)C(=O)Nc1ccc(Cl)c(Cl)c1.